The Hall–Kier alpha value is -3.52. The van der Waals surface area contributed by atoms with Crippen molar-refractivity contribution < 1.29 is 4.39 Å². The van der Waals surface area contributed by atoms with Crippen molar-refractivity contribution in [2.75, 3.05) is 0 Å². The number of H-pyrrole nitrogens is 1. The summed E-state index contributed by atoms with van der Waals surface area (Å²) in [5, 5.41) is 10.5. The Balaban J connectivity index is 1.78. The van der Waals surface area contributed by atoms with Crippen LogP contribution in [0.2, 0.25) is 0 Å². The Labute approximate surface area is 143 Å². The van der Waals surface area contributed by atoms with E-state index in [-0.39, 0.29) is 5.82 Å². The van der Waals surface area contributed by atoms with Gasteiger partial charge in [-0.2, -0.15) is 5.26 Å². The van der Waals surface area contributed by atoms with Crippen molar-refractivity contribution in [3.8, 4) is 17.5 Å². The molecule has 1 N–H and O–H groups in total. The van der Waals surface area contributed by atoms with E-state index < -0.39 is 0 Å². The smallest absolute Gasteiger partial charge is 0.131 e. The Morgan fingerprint density at radius 1 is 1.04 bits per heavy atom. The molecule has 0 fully saturated rings. The number of aromatic nitrogens is 3. The molecule has 25 heavy (non-hydrogen) atoms. The zero-order valence-electron chi connectivity index (χ0n) is 13.2. The highest BCUT2D eigenvalue weighted by Crippen LogP contribution is 2.26. The van der Waals surface area contributed by atoms with Crippen molar-refractivity contribution in [3.05, 3.63) is 83.7 Å². The predicted molar refractivity (Wildman–Crippen MR) is 93.2 cm³/mol. The molecule has 0 saturated carbocycles. The first-order chi connectivity index (χ1) is 12.3. The van der Waals surface area contributed by atoms with Gasteiger partial charge in [-0.25, -0.2) is 9.37 Å². The van der Waals surface area contributed by atoms with Crippen molar-refractivity contribution in [3.63, 3.8) is 0 Å². The van der Waals surface area contributed by atoms with Gasteiger partial charge in [0.25, 0.3) is 0 Å². The molecule has 0 amide bonds. The predicted octanol–water partition coefficient (Wildman–Crippen LogP) is 4.23. The van der Waals surface area contributed by atoms with Gasteiger partial charge in [-0.15, -0.1) is 0 Å². The molecular weight excluding hydrogens is 315 g/mol. The molecule has 2 heterocycles. The molecule has 2 aromatic carbocycles. The summed E-state index contributed by atoms with van der Waals surface area (Å²) in [7, 11) is 0. The summed E-state index contributed by atoms with van der Waals surface area (Å²) in [5.41, 5.74) is 3.75. The second-order valence-electron chi connectivity index (χ2n) is 5.70. The van der Waals surface area contributed by atoms with Crippen molar-refractivity contribution >= 4 is 10.8 Å². The number of fused-ring (bicyclic) bond motifs is 1. The third kappa shape index (κ3) is 2.74. The SMILES string of the molecule is N#Cc1ccnc(-c2nc[nH]c2Cc2ccc(F)c3ccccc23)c1. The number of rotatable bonds is 3. The van der Waals surface area contributed by atoms with Crippen LogP contribution in [0.3, 0.4) is 0 Å². The number of hydrogen-bond donors (Lipinski definition) is 1. The maximum Gasteiger partial charge on any atom is 0.131 e. The lowest BCUT2D eigenvalue weighted by molar-refractivity contribution is 0.639. The van der Waals surface area contributed by atoms with Crippen molar-refractivity contribution in [2.45, 2.75) is 6.42 Å². The first-order valence-corrected chi connectivity index (χ1v) is 7.81. The number of aromatic amines is 1. The summed E-state index contributed by atoms with van der Waals surface area (Å²) in [6.07, 6.45) is 3.77. The van der Waals surface area contributed by atoms with E-state index in [1.165, 1.54) is 6.07 Å². The van der Waals surface area contributed by atoms with Crippen molar-refractivity contribution in [1.29, 1.82) is 5.26 Å². The molecule has 0 aliphatic rings. The number of hydrogen-bond acceptors (Lipinski definition) is 3. The highest BCUT2D eigenvalue weighted by molar-refractivity contribution is 5.86. The summed E-state index contributed by atoms with van der Waals surface area (Å²) in [5.74, 6) is -0.229. The minimum Gasteiger partial charge on any atom is -0.348 e. The number of imidazole rings is 1. The summed E-state index contributed by atoms with van der Waals surface area (Å²) < 4.78 is 14.0. The quantitative estimate of drug-likeness (QED) is 0.612. The number of pyridine rings is 1. The van der Waals surface area contributed by atoms with E-state index in [4.69, 9.17) is 5.26 Å². The van der Waals surface area contributed by atoms with Gasteiger partial charge in [-0.3, -0.25) is 4.98 Å². The van der Waals surface area contributed by atoms with Gasteiger partial charge in [0.05, 0.1) is 23.7 Å². The summed E-state index contributed by atoms with van der Waals surface area (Å²) >= 11 is 0. The molecule has 5 heteroatoms. The minimum absolute atomic E-state index is 0.229. The number of nitriles is 1. The second kappa shape index (κ2) is 6.17. The van der Waals surface area contributed by atoms with Gasteiger partial charge < -0.3 is 4.98 Å². The fraction of sp³-hybridized carbons (Fsp3) is 0.0500. The molecule has 4 nitrogen and oxygen atoms in total. The zero-order chi connectivity index (χ0) is 17.2. The molecule has 2 aromatic heterocycles. The van der Waals surface area contributed by atoms with Crippen LogP contribution >= 0.6 is 0 Å². The van der Waals surface area contributed by atoms with Crippen molar-refractivity contribution in [1.82, 2.24) is 15.0 Å². The first kappa shape index (κ1) is 15.0. The normalized spacial score (nSPS) is 10.7. The standard InChI is InChI=1S/C20H13FN4/c21-17-6-5-14(15-3-1-2-4-16(15)17)10-19-20(25-12-24-19)18-9-13(11-22)7-8-23-18/h1-9,12H,10H2,(H,24,25). The third-order valence-corrected chi connectivity index (χ3v) is 4.18. The topological polar surface area (TPSA) is 65.4 Å². The van der Waals surface area contributed by atoms with Crippen LogP contribution in [0, 0.1) is 17.1 Å². The van der Waals surface area contributed by atoms with Gasteiger partial charge in [0.1, 0.15) is 11.5 Å². The monoisotopic (exact) mass is 328 g/mol. The maximum atomic E-state index is 14.0. The Bertz CT molecular complexity index is 1110. The van der Waals surface area contributed by atoms with Crippen LogP contribution in [0.4, 0.5) is 4.39 Å². The largest absolute Gasteiger partial charge is 0.348 e. The summed E-state index contributed by atoms with van der Waals surface area (Å²) in [6.45, 7) is 0. The Kier molecular flexibility index (Phi) is 3.71. The molecular formula is C20H13FN4. The summed E-state index contributed by atoms with van der Waals surface area (Å²) in [4.78, 5) is 11.8. The highest BCUT2D eigenvalue weighted by Gasteiger charge is 2.13. The van der Waals surface area contributed by atoms with Crippen LogP contribution in [0.1, 0.15) is 16.8 Å². The van der Waals surface area contributed by atoms with Gasteiger partial charge >= 0.3 is 0 Å². The second-order valence-corrected chi connectivity index (χ2v) is 5.70. The van der Waals surface area contributed by atoms with E-state index in [1.54, 1.807) is 36.8 Å². The van der Waals surface area contributed by atoms with Crippen LogP contribution in [0.25, 0.3) is 22.2 Å². The third-order valence-electron chi connectivity index (χ3n) is 4.18. The van der Waals surface area contributed by atoms with Crippen LogP contribution in [-0.2, 0) is 6.42 Å². The lowest BCUT2D eigenvalue weighted by Crippen LogP contribution is -1.96. The van der Waals surface area contributed by atoms with E-state index in [0.29, 0.717) is 28.8 Å². The van der Waals surface area contributed by atoms with E-state index in [1.807, 2.05) is 18.2 Å². The maximum absolute atomic E-state index is 14.0. The zero-order valence-corrected chi connectivity index (χ0v) is 13.2. The van der Waals surface area contributed by atoms with Crippen LogP contribution < -0.4 is 0 Å². The van der Waals surface area contributed by atoms with E-state index in [9.17, 15) is 4.39 Å². The minimum atomic E-state index is -0.229. The number of benzene rings is 2. The van der Waals surface area contributed by atoms with E-state index in [2.05, 4.69) is 21.0 Å². The molecule has 0 aliphatic carbocycles. The van der Waals surface area contributed by atoms with Crippen molar-refractivity contribution in [2.24, 2.45) is 0 Å². The summed E-state index contributed by atoms with van der Waals surface area (Å²) in [6, 6.07) is 16.2. The Morgan fingerprint density at radius 3 is 2.72 bits per heavy atom. The average molecular weight is 328 g/mol. The van der Waals surface area contributed by atoms with Gasteiger partial charge in [0.15, 0.2) is 0 Å². The number of halogens is 1. The molecule has 0 saturated heterocycles. The average Bonchev–Trinajstić information content (AvgIpc) is 3.12. The van der Waals surface area contributed by atoms with Gasteiger partial charge in [-0.1, -0.05) is 30.3 Å². The molecule has 0 unspecified atom stereocenters. The van der Waals surface area contributed by atoms with Crippen LogP contribution in [0.15, 0.2) is 61.1 Å². The molecule has 0 aliphatic heterocycles. The number of nitrogens with one attached hydrogen (secondary N) is 1. The number of nitrogens with zero attached hydrogens (tertiary/aromatic N) is 3. The van der Waals surface area contributed by atoms with E-state index in [0.717, 1.165) is 16.6 Å². The van der Waals surface area contributed by atoms with Gasteiger partial charge in [-0.05, 0) is 29.1 Å². The van der Waals surface area contributed by atoms with Crippen LogP contribution in [-0.4, -0.2) is 15.0 Å². The highest BCUT2D eigenvalue weighted by atomic mass is 19.1. The van der Waals surface area contributed by atoms with Gasteiger partial charge in [0.2, 0.25) is 0 Å². The van der Waals surface area contributed by atoms with E-state index >= 15 is 0 Å². The molecule has 0 atom stereocenters. The molecule has 0 spiro atoms. The fourth-order valence-electron chi connectivity index (χ4n) is 2.98. The van der Waals surface area contributed by atoms with Gasteiger partial charge in [0, 0.05) is 23.7 Å². The Morgan fingerprint density at radius 2 is 1.88 bits per heavy atom. The molecule has 0 bridgehead atoms. The molecule has 4 aromatic rings. The molecule has 120 valence electrons. The lowest BCUT2D eigenvalue weighted by atomic mass is 9.99. The first-order valence-electron chi connectivity index (χ1n) is 7.81. The van der Waals surface area contributed by atoms with Crippen LogP contribution in [0.5, 0.6) is 0 Å². The molecule has 4 rings (SSSR count). The molecule has 0 radical (unpaired) electrons. The fourth-order valence-corrected chi connectivity index (χ4v) is 2.98. The lowest BCUT2D eigenvalue weighted by Gasteiger charge is -2.08.